The fraction of sp³-hybridized carbons (Fsp3) is 0.185. The molecule has 0 aliphatic heterocycles. The van der Waals surface area contributed by atoms with Gasteiger partial charge in [0.15, 0.2) is 0 Å². The van der Waals surface area contributed by atoms with Gasteiger partial charge in [-0.05, 0) is 65.4 Å². The Kier molecular flexibility index (Phi) is 2.70. The van der Waals surface area contributed by atoms with Crippen LogP contribution in [-0.4, -0.2) is 9.97 Å². The van der Waals surface area contributed by atoms with Gasteiger partial charge in [0.2, 0.25) is 0 Å². The first kappa shape index (κ1) is 15.6. The number of rotatable bonds is 0. The van der Waals surface area contributed by atoms with Crippen LogP contribution in [0.2, 0.25) is 0 Å². The minimum atomic E-state index is -0.00814. The van der Waals surface area contributed by atoms with Gasteiger partial charge >= 0.3 is 0 Å². The van der Waals surface area contributed by atoms with Crippen molar-refractivity contribution in [1.82, 2.24) is 9.97 Å². The molecule has 140 valence electrons. The number of para-hydroxylation sites is 1. The molecule has 2 nitrogen and oxygen atoms in total. The van der Waals surface area contributed by atoms with Crippen molar-refractivity contribution >= 4 is 38.8 Å². The molecular formula is C27H22N2. The molecule has 7 rings (SSSR count). The molecule has 0 saturated heterocycles. The lowest BCUT2D eigenvalue weighted by molar-refractivity contribution is 0.662. The van der Waals surface area contributed by atoms with Gasteiger partial charge in [0.1, 0.15) is 0 Å². The van der Waals surface area contributed by atoms with Crippen LogP contribution in [0.25, 0.3) is 49.9 Å². The van der Waals surface area contributed by atoms with Gasteiger partial charge in [-0.2, -0.15) is 0 Å². The van der Waals surface area contributed by atoms with Crippen molar-refractivity contribution in [2.75, 3.05) is 0 Å². The van der Waals surface area contributed by atoms with Gasteiger partial charge in [0.25, 0.3) is 0 Å². The highest BCUT2D eigenvalue weighted by atomic mass is 14.7. The zero-order valence-corrected chi connectivity index (χ0v) is 16.7. The minimum absolute atomic E-state index is 0.00814. The van der Waals surface area contributed by atoms with Crippen LogP contribution in [0.1, 0.15) is 42.7 Å². The molecule has 2 N–H and O–H groups in total. The second-order valence-corrected chi connectivity index (χ2v) is 9.14. The molecule has 3 aromatic carbocycles. The molecule has 0 amide bonds. The van der Waals surface area contributed by atoms with E-state index in [0.29, 0.717) is 0 Å². The van der Waals surface area contributed by atoms with Crippen molar-refractivity contribution in [3.63, 3.8) is 0 Å². The Morgan fingerprint density at radius 1 is 0.759 bits per heavy atom. The molecule has 0 fully saturated rings. The molecule has 2 aliphatic carbocycles. The normalized spacial score (nSPS) is 16.5. The monoisotopic (exact) mass is 374 g/mol. The summed E-state index contributed by atoms with van der Waals surface area (Å²) < 4.78 is 0. The summed E-state index contributed by atoms with van der Waals surface area (Å²) in [6.45, 7) is 4.72. The molecule has 0 radical (unpaired) electrons. The summed E-state index contributed by atoms with van der Waals surface area (Å²) in [5, 5.41) is 3.98. The van der Waals surface area contributed by atoms with Crippen LogP contribution in [0, 0.1) is 0 Å². The van der Waals surface area contributed by atoms with Gasteiger partial charge in [-0.15, -0.1) is 0 Å². The first-order valence-electron chi connectivity index (χ1n) is 10.5. The quantitative estimate of drug-likeness (QED) is 0.290. The molecule has 2 aliphatic rings. The lowest BCUT2D eigenvalue weighted by atomic mass is 9.82. The average Bonchev–Trinajstić information content (AvgIpc) is 3.34. The van der Waals surface area contributed by atoms with E-state index in [1.54, 1.807) is 0 Å². The Morgan fingerprint density at radius 3 is 2.31 bits per heavy atom. The fourth-order valence-electron chi connectivity index (χ4n) is 5.66. The van der Waals surface area contributed by atoms with E-state index in [1.807, 2.05) is 0 Å². The van der Waals surface area contributed by atoms with Gasteiger partial charge in [-0.1, -0.05) is 44.2 Å². The third-order valence-corrected chi connectivity index (χ3v) is 7.19. The van der Waals surface area contributed by atoms with Crippen LogP contribution in [0.3, 0.4) is 0 Å². The maximum Gasteiger partial charge on any atom is 0.0468 e. The number of aromatic nitrogens is 2. The molecule has 0 spiro atoms. The van der Waals surface area contributed by atoms with E-state index in [1.165, 1.54) is 66.2 Å². The van der Waals surface area contributed by atoms with Crippen molar-refractivity contribution in [2.45, 2.75) is 32.1 Å². The zero-order chi connectivity index (χ0) is 19.3. The van der Waals surface area contributed by atoms with Crippen LogP contribution in [0.15, 0.2) is 54.6 Å². The van der Waals surface area contributed by atoms with Gasteiger partial charge in [-0.25, -0.2) is 0 Å². The molecule has 0 unspecified atom stereocenters. The van der Waals surface area contributed by atoms with Gasteiger partial charge in [0.05, 0.1) is 0 Å². The first-order chi connectivity index (χ1) is 14.1. The van der Waals surface area contributed by atoms with E-state index in [0.717, 1.165) is 12.8 Å². The Morgan fingerprint density at radius 2 is 1.48 bits per heavy atom. The Labute approximate surface area is 169 Å². The molecule has 2 aromatic heterocycles. The second-order valence-electron chi connectivity index (χ2n) is 9.14. The van der Waals surface area contributed by atoms with Crippen molar-refractivity contribution in [1.29, 1.82) is 0 Å². The Balaban J connectivity index is 1.59. The number of hydrogen-bond acceptors (Lipinski definition) is 0. The maximum atomic E-state index is 3.70. The summed E-state index contributed by atoms with van der Waals surface area (Å²) in [5.41, 5.74) is 12.1. The number of aryl methyl sites for hydroxylation is 1. The number of H-pyrrole nitrogens is 2. The Hall–Kier alpha value is -3.26. The minimum Gasteiger partial charge on any atom is -0.358 e. The summed E-state index contributed by atoms with van der Waals surface area (Å²) in [6, 6.07) is 18.3. The van der Waals surface area contributed by atoms with E-state index in [2.05, 4.69) is 84.5 Å². The maximum absolute atomic E-state index is 3.70. The highest BCUT2D eigenvalue weighted by Crippen LogP contribution is 2.52. The highest BCUT2D eigenvalue weighted by molar-refractivity contribution is 6.10. The van der Waals surface area contributed by atoms with E-state index in [9.17, 15) is 0 Å². The fourth-order valence-corrected chi connectivity index (χ4v) is 5.66. The lowest BCUT2D eigenvalue weighted by Gasteiger charge is -2.21. The van der Waals surface area contributed by atoms with Crippen molar-refractivity contribution in [2.24, 2.45) is 0 Å². The summed E-state index contributed by atoms with van der Waals surface area (Å²) >= 11 is 0. The zero-order valence-electron chi connectivity index (χ0n) is 16.7. The number of hydrogen-bond donors (Lipinski definition) is 2. The third-order valence-electron chi connectivity index (χ3n) is 7.19. The first-order valence-corrected chi connectivity index (χ1v) is 10.5. The molecule has 0 saturated carbocycles. The second kappa shape index (κ2) is 5.01. The summed E-state index contributed by atoms with van der Waals surface area (Å²) in [7, 11) is 0. The molecule has 0 atom stereocenters. The highest BCUT2D eigenvalue weighted by Gasteiger charge is 2.36. The van der Waals surface area contributed by atoms with E-state index >= 15 is 0 Å². The van der Waals surface area contributed by atoms with E-state index < -0.39 is 0 Å². The van der Waals surface area contributed by atoms with Crippen molar-refractivity contribution < 1.29 is 0 Å². The number of benzene rings is 3. The van der Waals surface area contributed by atoms with Crippen molar-refractivity contribution in [3.8, 4) is 11.1 Å². The van der Waals surface area contributed by atoms with Gasteiger partial charge in [0, 0.05) is 49.4 Å². The van der Waals surface area contributed by atoms with Gasteiger partial charge in [-0.3, -0.25) is 0 Å². The van der Waals surface area contributed by atoms with Crippen LogP contribution in [-0.2, 0) is 11.8 Å². The summed E-state index contributed by atoms with van der Waals surface area (Å²) in [5.74, 6) is 0. The van der Waals surface area contributed by atoms with Crippen LogP contribution >= 0.6 is 0 Å². The lowest BCUT2D eigenvalue weighted by Crippen LogP contribution is -2.14. The number of nitrogens with one attached hydrogen (secondary N) is 2. The largest absolute Gasteiger partial charge is 0.358 e. The molecule has 2 heteroatoms. The SMILES string of the molecule is CC1(C)c2cc3[nH]c4c(c3cc2-c2cc3c(cc21)[nH]c1ccccc13)C=CCC4. The molecule has 29 heavy (non-hydrogen) atoms. The number of allylic oxidation sites excluding steroid dienone is 1. The van der Waals surface area contributed by atoms with E-state index in [-0.39, 0.29) is 5.41 Å². The molecular weight excluding hydrogens is 352 g/mol. The summed E-state index contributed by atoms with van der Waals surface area (Å²) in [6.07, 6.45) is 6.84. The van der Waals surface area contributed by atoms with Crippen molar-refractivity contribution in [3.05, 3.63) is 77.0 Å². The molecule has 2 heterocycles. The average molecular weight is 374 g/mol. The van der Waals surface area contributed by atoms with Crippen LogP contribution in [0.5, 0.6) is 0 Å². The Bertz CT molecular complexity index is 1520. The third kappa shape index (κ3) is 1.87. The van der Waals surface area contributed by atoms with Crippen LogP contribution in [0.4, 0.5) is 0 Å². The smallest absolute Gasteiger partial charge is 0.0468 e. The molecule has 0 bridgehead atoms. The predicted octanol–water partition coefficient (Wildman–Crippen LogP) is 7.07. The van der Waals surface area contributed by atoms with Crippen LogP contribution < -0.4 is 0 Å². The predicted molar refractivity (Wildman–Crippen MR) is 123 cm³/mol. The summed E-state index contributed by atoms with van der Waals surface area (Å²) in [4.78, 5) is 7.33. The standard InChI is InChI=1S/C27H22N2/c1-27(2)21-13-25-19(15-7-3-5-9-23(15)28-25)11-17(21)18-12-20-16-8-4-6-10-24(16)29-26(20)14-22(18)27/h3-5,7-9,11-14,28-29H,6,10H2,1-2H3. The molecule has 5 aromatic rings. The van der Waals surface area contributed by atoms with E-state index in [4.69, 9.17) is 0 Å². The van der Waals surface area contributed by atoms with Gasteiger partial charge < -0.3 is 9.97 Å². The topological polar surface area (TPSA) is 31.6 Å². The number of aromatic amines is 2. The number of fused-ring (bicyclic) bond motifs is 9.